The molecule has 0 radical (unpaired) electrons. The van der Waals surface area contributed by atoms with Crippen LogP contribution in [0.25, 0.3) is 11.4 Å². The Kier molecular flexibility index (Phi) is 6.48. The number of carbonyl (C=O) groups excluding carboxylic acids is 2. The minimum absolute atomic E-state index is 0.117. The van der Waals surface area contributed by atoms with Crippen molar-refractivity contribution >= 4 is 17.7 Å². The third kappa shape index (κ3) is 5.90. The third-order valence-corrected chi connectivity index (χ3v) is 6.48. The molecule has 1 N–H and O–H groups in total. The zero-order valence-electron chi connectivity index (χ0n) is 21.0. The fourth-order valence-corrected chi connectivity index (χ4v) is 4.39. The van der Waals surface area contributed by atoms with Crippen LogP contribution in [0.15, 0.2) is 67.0 Å². The fourth-order valence-electron chi connectivity index (χ4n) is 4.39. The van der Waals surface area contributed by atoms with Crippen molar-refractivity contribution in [3.63, 3.8) is 0 Å². The van der Waals surface area contributed by atoms with Gasteiger partial charge in [-0.1, -0.05) is 12.1 Å². The van der Waals surface area contributed by atoms with Gasteiger partial charge in [-0.25, -0.2) is 14.8 Å². The van der Waals surface area contributed by atoms with Crippen LogP contribution in [-0.2, 0) is 4.74 Å². The molecule has 7 heteroatoms. The molecule has 186 valence electrons. The highest BCUT2D eigenvalue weighted by Gasteiger charge is 2.47. The molecule has 1 aromatic heterocycles. The van der Waals surface area contributed by atoms with Gasteiger partial charge in [0.15, 0.2) is 5.82 Å². The Morgan fingerprint density at radius 3 is 2.42 bits per heavy atom. The summed E-state index contributed by atoms with van der Waals surface area (Å²) in [6.07, 6.45) is 6.40. The Balaban J connectivity index is 1.24. The molecule has 5 rings (SSSR count). The first-order valence-electron chi connectivity index (χ1n) is 12.6. The van der Waals surface area contributed by atoms with Crippen molar-refractivity contribution in [2.75, 3.05) is 11.9 Å². The monoisotopic (exact) mass is 484 g/mol. The summed E-state index contributed by atoms with van der Waals surface area (Å²) in [5.41, 5.74) is 2.74. The molecule has 0 saturated heterocycles. The minimum Gasteiger partial charge on any atom is -0.444 e. The van der Waals surface area contributed by atoms with Gasteiger partial charge in [0.05, 0.1) is 0 Å². The predicted molar refractivity (Wildman–Crippen MR) is 139 cm³/mol. The van der Waals surface area contributed by atoms with E-state index in [9.17, 15) is 9.59 Å². The van der Waals surface area contributed by atoms with Gasteiger partial charge in [-0.05, 0) is 94.0 Å². The molecule has 2 saturated carbocycles. The van der Waals surface area contributed by atoms with Gasteiger partial charge in [0.2, 0.25) is 0 Å². The van der Waals surface area contributed by atoms with E-state index in [2.05, 4.69) is 15.3 Å². The van der Waals surface area contributed by atoms with Crippen molar-refractivity contribution in [2.24, 2.45) is 5.92 Å². The molecule has 0 unspecified atom stereocenters. The molecule has 36 heavy (non-hydrogen) atoms. The highest BCUT2D eigenvalue weighted by Crippen LogP contribution is 2.47. The SMILES string of the molecule is CC(C)(C)OC(=O)N(CC1CC1)[C@@H]1C[C@H]1c1cccc(C(=O)Nc2ccc(-c3ncccn3)cc2)c1. The molecule has 2 fully saturated rings. The maximum Gasteiger partial charge on any atom is 0.410 e. The second kappa shape index (κ2) is 9.72. The molecule has 1 heterocycles. The number of ether oxygens (including phenoxy) is 1. The predicted octanol–water partition coefficient (Wildman–Crippen LogP) is 5.90. The first kappa shape index (κ1) is 24.0. The van der Waals surface area contributed by atoms with Crippen LogP contribution in [0.3, 0.4) is 0 Å². The smallest absolute Gasteiger partial charge is 0.410 e. The molecule has 0 spiro atoms. The largest absolute Gasteiger partial charge is 0.444 e. The Morgan fingerprint density at radius 2 is 1.75 bits per heavy atom. The van der Waals surface area contributed by atoms with Crippen LogP contribution >= 0.6 is 0 Å². The van der Waals surface area contributed by atoms with Gasteiger partial charge in [-0.2, -0.15) is 0 Å². The van der Waals surface area contributed by atoms with Crippen molar-refractivity contribution < 1.29 is 14.3 Å². The number of nitrogens with zero attached hydrogens (tertiary/aromatic N) is 3. The summed E-state index contributed by atoms with van der Waals surface area (Å²) in [6.45, 7) is 6.45. The van der Waals surface area contributed by atoms with Crippen molar-refractivity contribution in [2.45, 2.75) is 57.6 Å². The van der Waals surface area contributed by atoms with Gasteiger partial charge in [0.25, 0.3) is 5.91 Å². The number of rotatable bonds is 7. The summed E-state index contributed by atoms with van der Waals surface area (Å²) in [7, 11) is 0. The Bertz CT molecular complexity index is 1230. The van der Waals surface area contributed by atoms with Gasteiger partial charge in [-0.3, -0.25) is 4.79 Å². The molecular formula is C29H32N4O3. The summed E-state index contributed by atoms with van der Waals surface area (Å²) in [5.74, 6) is 1.27. The van der Waals surface area contributed by atoms with Crippen LogP contribution in [0.1, 0.15) is 61.9 Å². The maximum absolute atomic E-state index is 13.0. The van der Waals surface area contributed by atoms with E-state index in [0.717, 1.165) is 24.1 Å². The third-order valence-electron chi connectivity index (χ3n) is 6.48. The molecular weight excluding hydrogens is 452 g/mol. The Labute approximate surface area is 211 Å². The Morgan fingerprint density at radius 1 is 1.03 bits per heavy atom. The van der Waals surface area contributed by atoms with E-state index >= 15 is 0 Å². The molecule has 2 atom stereocenters. The lowest BCUT2D eigenvalue weighted by atomic mass is 10.1. The van der Waals surface area contributed by atoms with E-state index in [1.807, 2.05) is 74.2 Å². The number of carbonyl (C=O) groups is 2. The first-order chi connectivity index (χ1) is 17.3. The maximum atomic E-state index is 13.0. The lowest BCUT2D eigenvalue weighted by Crippen LogP contribution is -2.40. The summed E-state index contributed by atoms with van der Waals surface area (Å²) in [5, 5.41) is 2.97. The Hall–Kier alpha value is -3.74. The molecule has 7 nitrogen and oxygen atoms in total. The zero-order chi connectivity index (χ0) is 25.3. The van der Waals surface area contributed by atoms with E-state index in [0.29, 0.717) is 23.0 Å². The quantitative estimate of drug-likeness (QED) is 0.451. The van der Waals surface area contributed by atoms with Crippen molar-refractivity contribution in [1.82, 2.24) is 14.9 Å². The van der Waals surface area contributed by atoms with Crippen LogP contribution in [0.5, 0.6) is 0 Å². The van der Waals surface area contributed by atoms with Crippen LogP contribution in [0.4, 0.5) is 10.5 Å². The molecule has 0 bridgehead atoms. The van der Waals surface area contributed by atoms with E-state index < -0.39 is 5.60 Å². The fraction of sp³-hybridized carbons (Fsp3) is 0.379. The van der Waals surface area contributed by atoms with Gasteiger partial charge in [-0.15, -0.1) is 0 Å². The number of benzene rings is 2. The zero-order valence-corrected chi connectivity index (χ0v) is 21.0. The standard InChI is InChI=1S/C29H32N4O3/c1-29(2,3)36-28(35)33(18-19-8-9-19)25-17-24(25)21-6-4-7-22(16-21)27(34)32-23-12-10-20(11-13-23)26-30-14-5-15-31-26/h4-7,10-16,19,24-25H,8-9,17-18H2,1-3H3,(H,32,34)/t24-,25+/m0/s1. The minimum atomic E-state index is -0.520. The van der Waals surface area contributed by atoms with Crippen LogP contribution in [0.2, 0.25) is 0 Å². The first-order valence-corrected chi connectivity index (χ1v) is 12.6. The lowest BCUT2D eigenvalue weighted by molar-refractivity contribution is 0.0220. The highest BCUT2D eigenvalue weighted by molar-refractivity contribution is 6.04. The lowest BCUT2D eigenvalue weighted by Gasteiger charge is -2.28. The van der Waals surface area contributed by atoms with Crippen molar-refractivity contribution in [3.05, 3.63) is 78.1 Å². The van der Waals surface area contributed by atoms with Crippen molar-refractivity contribution in [1.29, 1.82) is 0 Å². The van der Waals surface area contributed by atoms with Crippen LogP contribution in [0, 0.1) is 5.92 Å². The number of amides is 2. The molecule has 0 aliphatic heterocycles. The summed E-state index contributed by atoms with van der Waals surface area (Å²) >= 11 is 0. The summed E-state index contributed by atoms with van der Waals surface area (Å²) in [4.78, 5) is 36.3. The van der Waals surface area contributed by atoms with E-state index in [1.54, 1.807) is 18.5 Å². The van der Waals surface area contributed by atoms with Gasteiger partial charge < -0.3 is 15.0 Å². The van der Waals surface area contributed by atoms with Gasteiger partial charge in [0, 0.05) is 47.7 Å². The van der Waals surface area contributed by atoms with Gasteiger partial charge in [0.1, 0.15) is 5.60 Å². The number of hydrogen-bond acceptors (Lipinski definition) is 5. The molecule has 2 amide bonds. The number of anilines is 1. The molecule has 3 aromatic rings. The second-order valence-corrected chi connectivity index (χ2v) is 10.7. The normalized spacial score (nSPS) is 18.9. The average Bonchev–Trinajstić information content (AvgIpc) is 3.78. The average molecular weight is 485 g/mol. The number of nitrogens with one attached hydrogen (secondary N) is 1. The molecule has 2 aromatic carbocycles. The highest BCUT2D eigenvalue weighted by atomic mass is 16.6. The number of aromatic nitrogens is 2. The number of hydrogen-bond donors (Lipinski definition) is 1. The van der Waals surface area contributed by atoms with Crippen molar-refractivity contribution in [3.8, 4) is 11.4 Å². The summed E-state index contributed by atoms with van der Waals surface area (Å²) < 4.78 is 5.69. The molecule has 2 aliphatic carbocycles. The van der Waals surface area contributed by atoms with E-state index in [4.69, 9.17) is 4.74 Å². The molecule has 2 aliphatic rings. The van der Waals surface area contributed by atoms with E-state index in [1.165, 1.54) is 12.8 Å². The van der Waals surface area contributed by atoms with Gasteiger partial charge >= 0.3 is 6.09 Å². The van der Waals surface area contributed by atoms with Crippen LogP contribution < -0.4 is 5.32 Å². The van der Waals surface area contributed by atoms with E-state index in [-0.39, 0.29) is 24.0 Å². The van der Waals surface area contributed by atoms with Crippen LogP contribution in [-0.4, -0.2) is 45.1 Å². The topological polar surface area (TPSA) is 84.4 Å². The second-order valence-electron chi connectivity index (χ2n) is 10.7. The summed E-state index contributed by atoms with van der Waals surface area (Å²) in [6, 6.07) is 17.1.